The van der Waals surface area contributed by atoms with Crippen LogP contribution in [0.1, 0.15) is 18.7 Å². The van der Waals surface area contributed by atoms with Crippen molar-refractivity contribution in [1.82, 2.24) is 24.8 Å². The minimum atomic E-state index is 0.445. The van der Waals surface area contributed by atoms with Gasteiger partial charge in [-0.25, -0.2) is 0 Å². The zero-order valence-electron chi connectivity index (χ0n) is 13.2. The largest absolute Gasteiger partial charge is 0.338 e. The summed E-state index contributed by atoms with van der Waals surface area (Å²) in [4.78, 5) is 6.89. The van der Waals surface area contributed by atoms with E-state index in [0.29, 0.717) is 29.3 Å². The standard InChI is InChI=1S/C17H18ClN5O/c18-15-7-2-1-6-14(15)17-20-16(24-21-17)12-22-9-3-5-13(22)11-23-10-4-8-19-23/h1-2,4,6-8,10,13H,3,5,9,11-12H2/t13-/m1/s1. The molecule has 0 aliphatic carbocycles. The van der Waals surface area contributed by atoms with Crippen molar-refractivity contribution in [3.05, 3.63) is 53.6 Å². The fourth-order valence-electron chi connectivity index (χ4n) is 3.18. The van der Waals surface area contributed by atoms with Crippen LogP contribution in [0.25, 0.3) is 11.4 Å². The van der Waals surface area contributed by atoms with Crippen molar-refractivity contribution in [1.29, 1.82) is 0 Å². The molecule has 7 heteroatoms. The van der Waals surface area contributed by atoms with E-state index in [1.165, 1.54) is 6.42 Å². The van der Waals surface area contributed by atoms with Gasteiger partial charge in [-0.1, -0.05) is 28.9 Å². The summed E-state index contributed by atoms with van der Waals surface area (Å²) in [5, 5.41) is 9.00. The minimum absolute atomic E-state index is 0.445. The van der Waals surface area contributed by atoms with E-state index in [4.69, 9.17) is 16.1 Å². The van der Waals surface area contributed by atoms with Gasteiger partial charge in [0.25, 0.3) is 0 Å². The molecule has 1 saturated heterocycles. The Kier molecular flexibility index (Phi) is 4.32. The summed E-state index contributed by atoms with van der Waals surface area (Å²) in [5.41, 5.74) is 0.795. The highest BCUT2D eigenvalue weighted by molar-refractivity contribution is 6.33. The summed E-state index contributed by atoms with van der Waals surface area (Å²) >= 11 is 6.20. The molecule has 2 aromatic heterocycles. The van der Waals surface area contributed by atoms with Gasteiger partial charge in [0.05, 0.1) is 18.1 Å². The number of likely N-dealkylation sites (tertiary alicyclic amines) is 1. The number of benzene rings is 1. The summed E-state index contributed by atoms with van der Waals surface area (Å²) in [6, 6.07) is 9.92. The van der Waals surface area contributed by atoms with Gasteiger partial charge in [0, 0.05) is 24.0 Å². The van der Waals surface area contributed by atoms with Crippen LogP contribution in [0.5, 0.6) is 0 Å². The predicted octanol–water partition coefficient (Wildman–Crippen LogP) is 3.25. The van der Waals surface area contributed by atoms with Gasteiger partial charge in [-0.15, -0.1) is 0 Å². The van der Waals surface area contributed by atoms with Crippen LogP contribution in [-0.2, 0) is 13.1 Å². The zero-order valence-corrected chi connectivity index (χ0v) is 13.9. The molecule has 1 aromatic carbocycles. The highest BCUT2D eigenvalue weighted by Crippen LogP contribution is 2.26. The average Bonchev–Trinajstić information content (AvgIpc) is 3.32. The quantitative estimate of drug-likeness (QED) is 0.711. The maximum Gasteiger partial charge on any atom is 0.241 e. The predicted molar refractivity (Wildman–Crippen MR) is 90.4 cm³/mol. The summed E-state index contributed by atoms with van der Waals surface area (Å²) in [5.74, 6) is 1.16. The number of nitrogens with zero attached hydrogens (tertiary/aromatic N) is 5. The van der Waals surface area contributed by atoms with Crippen molar-refractivity contribution in [2.24, 2.45) is 0 Å². The van der Waals surface area contributed by atoms with Crippen molar-refractivity contribution < 1.29 is 4.52 Å². The summed E-state index contributed by atoms with van der Waals surface area (Å²) in [6.45, 7) is 2.58. The van der Waals surface area contributed by atoms with Gasteiger partial charge in [0.2, 0.25) is 11.7 Å². The van der Waals surface area contributed by atoms with E-state index in [2.05, 4.69) is 20.1 Å². The van der Waals surface area contributed by atoms with Crippen LogP contribution in [0.2, 0.25) is 5.02 Å². The molecule has 1 aliphatic rings. The zero-order chi connectivity index (χ0) is 16.4. The normalized spacial score (nSPS) is 18.3. The van der Waals surface area contributed by atoms with E-state index in [-0.39, 0.29) is 0 Å². The van der Waals surface area contributed by atoms with Crippen LogP contribution < -0.4 is 0 Å². The maximum atomic E-state index is 6.20. The molecule has 4 rings (SSSR count). The van der Waals surface area contributed by atoms with Crippen LogP contribution in [-0.4, -0.2) is 37.4 Å². The number of hydrogen-bond acceptors (Lipinski definition) is 5. The molecule has 0 unspecified atom stereocenters. The Morgan fingerprint density at radius 1 is 1.25 bits per heavy atom. The molecule has 0 amide bonds. The van der Waals surface area contributed by atoms with Crippen LogP contribution in [0.4, 0.5) is 0 Å². The van der Waals surface area contributed by atoms with Gasteiger partial charge in [0.15, 0.2) is 0 Å². The van der Waals surface area contributed by atoms with Crippen molar-refractivity contribution in [3.63, 3.8) is 0 Å². The lowest BCUT2D eigenvalue weighted by Crippen LogP contribution is -2.32. The fraction of sp³-hybridized carbons (Fsp3) is 0.353. The lowest BCUT2D eigenvalue weighted by molar-refractivity contribution is 0.192. The Bertz CT molecular complexity index is 801. The molecule has 0 bridgehead atoms. The first kappa shape index (κ1) is 15.4. The molecule has 0 N–H and O–H groups in total. The number of hydrogen-bond donors (Lipinski definition) is 0. The topological polar surface area (TPSA) is 60.0 Å². The van der Waals surface area contributed by atoms with Crippen LogP contribution in [0, 0.1) is 0 Å². The third-order valence-electron chi connectivity index (χ3n) is 4.38. The molecule has 3 heterocycles. The van der Waals surface area contributed by atoms with E-state index in [9.17, 15) is 0 Å². The average molecular weight is 344 g/mol. The van der Waals surface area contributed by atoms with E-state index in [1.54, 1.807) is 0 Å². The smallest absolute Gasteiger partial charge is 0.241 e. The van der Waals surface area contributed by atoms with Gasteiger partial charge < -0.3 is 4.52 Å². The van der Waals surface area contributed by atoms with Crippen LogP contribution in [0.15, 0.2) is 47.2 Å². The van der Waals surface area contributed by atoms with Crippen LogP contribution >= 0.6 is 11.6 Å². The van der Waals surface area contributed by atoms with Crippen molar-refractivity contribution in [3.8, 4) is 11.4 Å². The first-order chi connectivity index (χ1) is 11.8. The highest BCUT2D eigenvalue weighted by atomic mass is 35.5. The van der Waals surface area contributed by atoms with Gasteiger partial charge >= 0.3 is 0 Å². The molecular weight excluding hydrogens is 326 g/mol. The molecule has 0 spiro atoms. The molecule has 0 radical (unpaired) electrons. The van der Waals surface area contributed by atoms with E-state index in [1.807, 2.05) is 47.4 Å². The summed E-state index contributed by atoms with van der Waals surface area (Å²) in [7, 11) is 0. The first-order valence-corrected chi connectivity index (χ1v) is 8.46. The monoisotopic (exact) mass is 343 g/mol. The van der Waals surface area contributed by atoms with Gasteiger partial charge in [-0.05, 0) is 37.6 Å². The second-order valence-corrected chi connectivity index (χ2v) is 6.39. The Morgan fingerprint density at radius 3 is 3.00 bits per heavy atom. The Hall–Kier alpha value is -2.18. The molecule has 124 valence electrons. The SMILES string of the molecule is Clc1ccccc1-c1noc(CN2CCC[C@@H]2Cn2cccn2)n1. The molecule has 6 nitrogen and oxygen atoms in total. The minimum Gasteiger partial charge on any atom is -0.338 e. The molecular formula is C17H18ClN5O. The first-order valence-electron chi connectivity index (χ1n) is 8.08. The van der Waals surface area contributed by atoms with Gasteiger partial charge in [-0.2, -0.15) is 10.1 Å². The second kappa shape index (κ2) is 6.75. The van der Waals surface area contributed by atoms with E-state index >= 15 is 0 Å². The van der Waals surface area contributed by atoms with Crippen molar-refractivity contribution in [2.45, 2.75) is 32.0 Å². The highest BCUT2D eigenvalue weighted by Gasteiger charge is 2.26. The lowest BCUT2D eigenvalue weighted by Gasteiger charge is -2.22. The second-order valence-electron chi connectivity index (χ2n) is 5.99. The Morgan fingerprint density at radius 2 is 2.17 bits per heavy atom. The molecule has 24 heavy (non-hydrogen) atoms. The summed E-state index contributed by atoms with van der Waals surface area (Å²) < 4.78 is 7.41. The molecule has 1 aliphatic heterocycles. The third-order valence-corrected chi connectivity index (χ3v) is 4.71. The lowest BCUT2D eigenvalue weighted by atomic mass is 10.2. The number of aromatic nitrogens is 4. The van der Waals surface area contributed by atoms with Gasteiger partial charge in [0.1, 0.15) is 0 Å². The van der Waals surface area contributed by atoms with Gasteiger partial charge in [-0.3, -0.25) is 9.58 Å². The summed E-state index contributed by atoms with van der Waals surface area (Å²) in [6.07, 6.45) is 6.15. The molecule has 0 saturated carbocycles. The van der Waals surface area contributed by atoms with E-state index in [0.717, 1.165) is 25.1 Å². The molecule has 1 atom stereocenters. The maximum absolute atomic E-state index is 6.20. The third kappa shape index (κ3) is 3.20. The molecule has 1 fully saturated rings. The number of rotatable bonds is 5. The number of halogens is 1. The van der Waals surface area contributed by atoms with E-state index < -0.39 is 0 Å². The Balaban J connectivity index is 1.46. The van der Waals surface area contributed by atoms with Crippen LogP contribution in [0.3, 0.4) is 0 Å². The van der Waals surface area contributed by atoms with Crippen molar-refractivity contribution in [2.75, 3.05) is 6.54 Å². The molecule has 3 aromatic rings. The fourth-order valence-corrected chi connectivity index (χ4v) is 3.40. The Labute approximate surface area is 145 Å². The van der Waals surface area contributed by atoms with Crippen molar-refractivity contribution >= 4 is 11.6 Å².